The van der Waals surface area contributed by atoms with Crippen LogP contribution in [0.4, 0.5) is 4.39 Å². The van der Waals surface area contributed by atoms with Crippen LogP contribution in [-0.2, 0) is 4.79 Å². The molecule has 0 saturated heterocycles. The van der Waals surface area contributed by atoms with E-state index >= 15 is 0 Å². The minimum absolute atomic E-state index is 0.0388. The minimum Gasteiger partial charge on any atom is -0.480 e. The molecule has 0 bridgehead atoms. The normalized spacial score (nSPS) is 12.9. The Labute approximate surface area is 119 Å². The zero-order valence-corrected chi connectivity index (χ0v) is 12.3. The molecule has 0 heterocycles. The summed E-state index contributed by atoms with van der Waals surface area (Å²) in [4.78, 5) is 14.9. The maximum absolute atomic E-state index is 13.4. The highest BCUT2D eigenvalue weighted by Gasteiger charge is 2.21. The fourth-order valence-electron chi connectivity index (χ4n) is 2.27. The van der Waals surface area contributed by atoms with Gasteiger partial charge < -0.3 is 10.0 Å². The van der Waals surface area contributed by atoms with E-state index in [1.807, 2.05) is 36.9 Å². The molecule has 1 aromatic rings. The number of hydrogen-bond acceptors (Lipinski definition) is 3. The summed E-state index contributed by atoms with van der Waals surface area (Å²) < 4.78 is 13.4. The zero-order chi connectivity index (χ0) is 15.1. The fourth-order valence-corrected chi connectivity index (χ4v) is 2.27. The molecule has 1 rings (SSSR count). The van der Waals surface area contributed by atoms with Crippen molar-refractivity contribution in [2.45, 2.75) is 19.4 Å². The van der Waals surface area contributed by atoms with Gasteiger partial charge in [-0.3, -0.25) is 9.69 Å². The van der Waals surface area contributed by atoms with Crippen LogP contribution in [0.3, 0.4) is 0 Å². The molecule has 0 aliphatic rings. The zero-order valence-electron chi connectivity index (χ0n) is 12.3. The predicted octanol–water partition coefficient (Wildman–Crippen LogP) is 2.23. The Morgan fingerprint density at radius 1 is 1.35 bits per heavy atom. The Morgan fingerprint density at radius 2 is 2.05 bits per heavy atom. The van der Waals surface area contributed by atoms with E-state index in [9.17, 15) is 9.18 Å². The first-order valence-corrected chi connectivity index (χ1v) is 6.80. The summed E-state index contributed by atoms with van der Waals surface area (Å²) in [5.74, 6) is -1.15. The molecule has 1 unspecified atom stereocenters. The highest BCUT2D eigenvalue weighted by molar-refractivity contribution is 5.69. The molecule has 112 valence electrons. The predicted molar refractivity (Wildman–Crippen MR) is 77.2 cm³/mol. The number of benzene rings is 1. The molecular formula is C15H23FN2O2. The number of hydrogen-bond donors (Lipinski definition) is 1. The first-order chi connectivity index (χ1) is 9.43. The van der Waals surface area contributed by atoms with Crippen molar-refractivity contribution in [3.63, 3.8) is 0 Å². The lowest BCUT2D eigenvalue weighted by Crippen LogP contribution is -2.38. The number of likely N-dealkylation sites (N-methyl/N-ethyl adjacent to an activating group) is 1. The van der Waals surface area contributed by atoms with E-state index in [-0.39, 0.29) is 18.4 Å². The van der Waals surface area contributed by atoms with Gasteiger partial charge in [0.15, 0.2) is 0 Å². The molecule has 0 amide bonds. The molecule has 0 saturated carbocycles. The lowest BCUT2D eigenvalue weighted by Gasteiger charge is -2.31. The van der Waals surface area contributed by atoms with Crippen molar-refractivity contribution in [1.82, 2.24) is 9.80 Å². The van der Waals surface area contributed by atoms with Crippen LogP contribution >= 0.6 is 0 Å². The van der Waals surface area contributed by atoms with Crippen LogP contribution in [0, 0.1) is 5.82 Å². The van der Waals surface area contributed by atoms with Crippen LogP contribution < -0.4 is 0 Å². The summed E-state index contributed by atoms with van der Waals surface area (Å²) in [6, 6.07) is 6.32. The fraction of sp³-hybridized carbons (Fsp3) is 0.533. The molecule has 5 heteroatoms. The lowest BCUT2D eigenvalue weighted by atomic mass is 10.0. The second-order valence-electron chi connectivity index (χ2n) is 5.15. The summed E-state index contributed by atoms with van der Waals surface area (Å²) in [7, 11) is 3.89. The summed E-state index contributed by atoms with van der Waals surface area (Å²) in [6.07, 6.45) is 0.740. The average molecular weight is 282 g/mol. The van der Waals surface area contributed by atoms with Crippen molar-refractivity contribution in [3.8, 4) is 0 Å². The van der Waals surface area contributed by atoms with Crippen molar-refractivity contribution in [2.75, 3.05) is 33.7 Å². The summed E-state index contributed by atoms with van der Waals surface area (Å²) in [5.41, 5.74) is 0.826. The van der Waals surface area contributed by atoms with Crippen LogP contribution in [0.15, 0.2) is 24.3 Å². The van der Waals surface area contributed by atoms with Crippen molar-refractivity contribution in [1.29, 1.82) is 0 Å². The van der Waals surface area contributed by atoms with E-state index < -0.39 is 5.97 Å². The van der Waals surface area contributed by atoms with Gasteiger partial charge in [0.25, 0.3) is 0 Å². The van der Waals surface area contributed by atoms with E-state index in [1.54, 1.807) is 6.07 Å². The van der Waals surface area contributed by atoms with E-state index in [4.69, 9.17) is 5.11 Å². The van der Waals surface area contributed by atoms with Gasteiger partial charge in [-0.2, -0.15) is 0 Å². The van der Waals surface area contributed by atoms with Gasteiger partial charge >= 0.3 is 5.97 Å². The smallest absolute Gasteiger partial charge is 0.317 e. The van der Waals surface area contributed by atoms with Gasteiger partial charge in [-0.05, 0) is 38.2 Å². The SMILES string of the molecule is CCC(c1cccc(F)c1)N(CCN(C)C)CC(=O)O. The molecule has 0 spiro atoms. The van der Waals surface area contributed by atoms with Crippen LogP contribution in [0.25, 0.3) is 0 Å². The van der Waals surface area contributed by atoms with Gasteiger partial charge in [-0.25, -0.2) is 4.39 Å². The molecule has 0 aliphatic heterocycles. The van der Waals surface area contributed by atoms with Gasteiger partial charge in [-0.15, -0.1) is 0 Å². The Morgan fingerprint density at radius 3 is 2.55 bits per heavy atom. The van der Waals surface area contributed by atoms with E-state index in [0.717, 1.165) is 18.5 Å². The number of rotatable bonds is 8. The third kappa shape index (κ3) is 5.27. The van der Waals surface area contributed by atoms with Crippen LogP contribution in [-0.4, -0.2) is 54.6 Å². The van der Waals surface area contributed by atoms with E-state index in [0.29, 0.717) is 6.54 Å². The first-order valence-electron chi connectivity index (χ1n) is 6.80. The van der Waals surface area contributed by atoms with E-state index in [2.05, 4.69) is 0 Å². The monoisotopic (exact) mass is 282 g/mol. The molecule has 1 N–H and O–H groups in total. The maximum Gasteiger partial charge on any atom is 0.317 e. The second-order valence-corrected chi connectivity index (χ2v) is 5.15. The van der Waals surface area contributed by atoms with Crippen molar-refractivity contribution in [3.05, 3.63) is 35.6 Å². The number of carbonyl (C=O) groups is 1. The van der Waals surface area contributed by atoms with Gasteiger partial charge in [0.05, 0.1) is 6.54 Å². The lowest BCUT2D eigenvalue weighted by molar-refractivity contribution is -0.139. The average Bonchev–Trinajstić information content (AvgIpc) is 2.36. The molecule has 0 aliphatic carbocycles. The number of aliphatic carboxylic acids is 1. The van der Waals surface area contributed by atoms with E-state index in [1.165, 1.54) is 12.1 Å². The molecule has 0 fully saturated rings. The Hall–Kier alpha value is -1.46. The molecular weight excluding hydrogens is 259 g/mol. The van der Waals surface area contributed by atoms with Crippen molar-refractivity contribution < 1.29 is 14.3 Å². The largest absolute Gasteiger partial charge is 0.480 e. The van der Waals surface area contributed by atoms with Crippen molar-refractivity contribution in [2.24, 2.45) is 0 Å². The van der Waals surface area contributed by atoms with Crippen LogP contribution in [0.2, 0.25) is 0 Å². The molecule has 1 atom stereocenters. The molecule has 0 aromatic heterocycles. The van der Waals surface area contributed by atoms with Gasteiger partial charge in [0.2, 0.25) is 0 Å². The quantitative estimate of drug-likeness (QED) is 0.794. The highest BCUT2D eigenvalue weighted by Crippen LogP contribution is 2.24. The summed E-state index contributed by atoms with van der Waals surface area (Å²) in [6.45, 7) is 3.34. The number of halogens is 1. The topological polar surface area (TPSA) is 43.8 Å². The molecule has 4 nitrogen and oxygen atoms in total. The Balaban J connectivity index is 2.91. The van der Waals surface area contributed by atoms with Gasteiger partial charge in [-0.1, -0.05) is 19.1 Å². The molecule has 20 heavy (non-hydrogen) atoms. The van der Waals surface area contributed by atoms with Gasteiger partial charge in [0, 0.05) is 19.1 Å². The van der Waals surface area contributed by atoms with Crippen LogP contribution in [0.1, 0.15) is 24.9 Å². The standard InChI is InChI=1S/C15H23FN2O2/c1-4-14(12-6-5-7-13(16)10-12)18(11-15(19)20)9-8-17(2)3/h5-7,10,14H,4,8-9,11H2,1-3H3,(H,19,20). The third-order valence-corrected chi connectivity index (χ3v) is 3.23. The second kappa shape index (κ2) is 7.97. The maximum atomic E-state index is 13.4. The summed E-state index contributed by atoms with van der Waals surface area (Å²) >= 11 is 0. The summed E-state index contributed by atoms with van der Waals surface area (Å²) in [5, 5.41) is 9.07. The Bertz CT molecular complexity index is 438. The third-order valence-electron chi connectivity index (χ3n) is 3.23. The number of carboxylic acid groups (broad SMARTS) is 1. The number of nitrogens with zero attached hydrogens (tertiary/aromatic N) is 2. The van der Waals surface area contributed by atoms with Crippen LogP contribution in [0.5, 0.6) is 0 Å². The Kier molecular flexibility index (Phi) is 6.61. The highest BCUT2D eigenvalue weighted by atomic mass is 19.1. The molecule has 0 radical (unpaired) electrons. The first kappa shape index (κ1) is 16.6. The van der Waals surface area contributed by atoms with Gasteiger partial charge in [0.1, 0.15) is 5.82 Å². The minimum atomic E-state index is -0.862. The molecule has 1 aromatic carbocycles. The number of carboxylic acids is 1. The van der Waals surface area contributed by atoms with Crippen molar-refractivity contribution >= 4 is 5.97 Å².